The maximum atomic E-state index is 11.8. The fraction of sp³-hybridized carbons (Fsp3) is 0.167. The molecule has 0 heterocycles. The van der Waals surface area contributed by atoms with Gasteiger partial charge in [0, 0.05) is 23.6 Å². The van der Waals surface area contributed by atoms with Gasteiger partial charge in [0.05, 0.1) is 0 Å². The third-order valence-corrected chi connectivity index (χ3v) is 2.38. The number of carbonyl (C=O) groups is 2. The Kier molecular flexibility index (Phi) is 3.51. The highest BCUT2D eigenvalue weighted by Crippen LogP contribution is 2.25. The Morgan fingerprint density at radius 2 is 1.65 bits per heavy atom. The van der Waals surface area contributed by atoms with E-state index in [0.717, 1.165) is 6.08 Å². The fourth-order valence-corrected chi connectivity index (χ4v) is 1.48. The van der Waals surface area contributed by atoms with Crippen molar-refractivity contribution in [3.8, 4) is 12.1 Å². The van der Waals surface area contributed by atoms with Crippen LogP contribution in [0.2, 0.25) is 0 Å². The van der Waals surface area contributed by atoms with Crippen LogP contribution in [-0.2, 0) is 14.4 Å². The van der Waals surface area contributed by atoms with Crippen molar-refractivity contribution in [3.63, 3.8) is 0 Å². The van der Waals surface area contributed by atoms with Gasteiger partial charge in [-0.2, -0.15) is 10.5 Å². The van der Waals surface area contributed by atoms with Crippen LogP contribution in [0.1, 0.15) is 13.3 Å². The van der Waals surface area contributed by atoms with Gasteiger partial charge in [-0.3, -0.25) is 9.59 Å². The molecule has 0 radical (unpaired) electrons. The number of ketones is 2. The average Bonchev–Trinajstić information content (AvgIpc) is 2.33. The van der Waals surface area contributed by atoms with Crippen LogP contribution >= 0.6 is 0 Å². The minimum Gasteiger partial charge on any atom is -0.288 e. The largest absolute Gasteiger partial charge is 0.288 e. The van der Waals surface area contributed by atoms with Gasteiger partial charge in [-0.15, -0.1) is 0 Å². The maximum Gasteiger partial charge on any atom is 0.201 e. The Labute approximate surface area is 96.9 Å². The molecule has 0 atom stereocenters. The van der Waals surface area contributed by atoms with Crippen LogP contribution in [0.5, 0.6) is 0 Å². The van der Waals surface area contributed by atoms with Crippen molar-refractivity contribution in [1.29, 1.82) is 10.5 Å². The van der Waals surface area contributed by atoms with Crippen molar-refractivity contribution in [2.75, 3.05) is 0 Å². The molecule has 5 nitrogen and oxygen atoms in total. The molecular weight excluding hydrogens is 220 g/mol. The molecule has 1 aliphatic carbocycles. The molecule has 0 aromatic rings. The number of allylic oxidation sites excluding steroid dienone is 5. The summed E-state index contributed by atoms with van der Waals surface area (Å²) in [6.07, 6.45) is 0.986. The molecule has 0 saturated carbocycles. The highest BCUT2D eigenvalue weighted by atomic mass is 16.1. The lowest BCUT2D eigenvalue weighted by Crippen LogP contribution is -2.21. The second kappa shape index (κ2) is 4.85. The van der Waals surface area contributed by atoms with Gasteiger partial charge < -0.3 is 0 Å². The minimum atomic E-state index is -0.673. The predicted octanol–water partition coefficient (Wildman–Crippen LogP) is 0.576. The smallest absolute Gasteiger partial charge is 0.201 e. The van der Waals surface area contributed by atoms with E-state index in [2.05, 4.69) is 0 Å². The SMILES string of the molecule is CC1=C(CC=C=O)C(=O)C(C#N)=C(C#N)C1=O. The van der Waals surface area contributed by atoms with Crippen molar-refractivity contribution in [2.45, 2.75) is 13.3 Å². The van der Waals surface area contributed by atoms with Crippen LogP contribution in [0.3, 0.4) is 0 Å². The number of hydrogen-bond donors (Lipinski definition) is 0. The van der Waals surface area contributed by atoms with E-state index in [1.165, 1.54) is 12.9 Å². The molecule has 82 valence electrons. The fourth-order valence-electron chi connectivity index (χ4n) is 1.48. The van der Waals surface area contributed by atoms with E-state index >= 15 is 0 Å². The third-order valence-electron chi connectivity index (χ3n) is 2.38. The van der Waals surface area contributed by atoms with Gasteiger partial charge in [-0.05, 0) is 6.92 Å². The van der Waals surface area contributed by atoms with Gasteiger partial charge in [0.2, 0.25) is 11.6 Å². The summed E-state index contributed by atoms with van der Waals surface area (Å²) in [4.78, 5) is 33.6. The molecule has 0 fully saturated rings. The van der Waals surface area contributed by atoms with Crippen LogP contribution in [0.15, 0.2) is 28.4 Å². The molecule has 0 aromatic carbocycles. The monoisotopic (exact) mass is 226 g/mol. The molecule has 0 aromatic heterocycles. The second-order valence-electron chi connectivity index (χ2n) is 3.26. The van der Waals surface area contributed by atoms with E-state index in [4.69, 9.17) is 10.5 Å². The molecule has 0 bridgehead atoms. The molecule has 0 unspecified atom stereocenters. The summed E-state index contributed by atoms with van der Waals surface area (Å²) in [5.74, 6) is 0.178. The van der Waals surface area contributed by atoms with Crippen molar-refractivity contribution >= 4 is 17.5 Å². The molecule has 0 amide bonds. The third kappa shape index (κ3) is 1.96. The summed E-state index contributed by atoms with van der Waals surface area (Å²) in [5, 5.41) is 17.5. The zero-order chi connectivity index (χ0) is 13.0. The highest BCUT2D eigenvalue weighted by molar-refractivity contribution is 6.28. The van der Waals surface area contributed by atoms with Crippen LogP contribution in [0.4, 0.5) is 0 Å². The van der Waals surface area contributed by atoms with Gasteiger partial charge in [-0.1, -0.05) is 0 Å². The lowest BCUT2D eigenvalue weighted by molar-refractivity contribution is -0.116. The van der Waals surface area contributed by atoms with Gasteiger partial charge in [0.15, 0.2) is 0 Å². The zero-order valence-corrected chi connectivity index (χ0v) is 8.90. The number of carbonyl (C=O) groups excluding carboxylic acids is 3. The van der Waals surface area contributed by atoms with E-state index in [0.29, 0.717) is 0 Å². The molecule has 1 rings (SSSR count). The number of nitrogens with zero attached hydrogens (tertiary/aromatic N) is 2. The van der Waals surface area contributed by atoms with Gasteiger partial charge in [-0.25, -0.2) is 4.79 Å². The number of nitriles is 2. The molecule has 0 N–H and O–H groups in total. The van der Waals surface area contributed by atoms with Crippen LogP contribution in [0, 0.1) is 22.7 Å². The van der Waals surface area contributed by atoms with E-state index in [9.17, 15) is 14.4 Å². The Balaban J connectivity index is 3.41. The van der Waals surface area contributed by atoms with Crippen LogP contribution < -0.4 is 0 Å². The average molecular weight is 226 g/mol. The van der Waals surface area contributed by atoms with Crippen LogP contribution in [0.25, 0.3) is 0 Å². The van der Waals surface area contributed by atoms with E-state index in [-0.39, 0.29) is 17.6 Å². The van der Waals surface area contributed by atoms with Gasteiger partial charge >= 0.3 is 0 Å². The number of rotatable bonds is 2. The Hall–Kier alpha value is -2.75. The first-order valence-electron chi connectivity index (χ1n) is 4.61. The first-order chi connectivity index (χ1) is 8.08. The first-order valence-corrected chi connectivity index (χ1v) is 4.61. The van der Waals surface area contributed by atoms with Crippen molar-refractivity contribution in [2.24, 2.45) is 0 Å². The first kappa shape index (κ1) is 12.3. The minimum absolute atomic E-state index is 0.0638. The summed E-state index contributed by atoms with van der Waals surface area (Å²) in [7, 11) is 0. The topological polar surface area (TPSA) is 98.8 Å². The molecule has 5 heteroatoms. The van der Waals surface area contributed by atoms with E-state index in [1.807, 2.05) is 0 Å². The predicted molar refractivity (Wildman–Crippen MR) is 55.8 cm³/mol. The van der Waals surface area contributed by atoms with Crippen LogP contribution in [-0.4, -0.2) is 17.5 Å². The summed E-state index contributed by atoms with van der Waals surface area (Å²) >= 11 is 0. The summed E-state index contributed by atoms with van der Waals surface area (Å²) in [6, 6.07) is 3.11. The standard InChI is InChI=1S/C12H6N2O3/c1-7-8(3-2-4-15)12(17)10(6-14)9(5-13)11(7)16/h2H,3H2,1H3. The lowest BCUT2D eigenvalue weighted by atomic mass is 9.84. The molecule has 17 heavy (non-hydrogen) atoms. The lowest BCUT2D eigenvalue weighted by Gasteiger charge is -2.13. The summed E-state index contributed by atoms with van der Waals surface area (Å²) in [5.41, 5.74) is -0.739. The van der Waals surface area contributed by atoms with Crippen molar-refractivity contribution in [1.82, 2.24) is 0 Å². The highest BCUT2D eigenvalue weighted by Gasteiger charge is 2.32. The second-order valence-corrected chi connectivity index (χ2v) is 3.26. The Morgan fingerprint density at radius 1 is 1.12 bits per heavy atom. The van der Waals surface area contributed by atoms with Gasteiger partial charge in [0.25, 0.3) is 0 Å². The Morgan fingerprint density at radius 3 is 2.12 bits per heavy atom. The molecule has 0 aliphatic heterocycles. The summed E-state index contributed by atoms with van der Waals surface area (Å²) < 4.78 is 0. The maximum absolute atomic E-state index is 11.8. The van der Waals surface area contributed by atoms with Gasteiger partial charge in [0.1, 0.15) is 29.2 Å². The number of hydrogen-bond acceptors (Lipinski definition) is 5. The van der Waals surface area contributed by atoms with Crippen molar-refractivity contribution in [3.05, 3.63) is 28.4 Å². The molecular formula is C12H6N2O3. The molecule has 0 spiro atoms. The van der Waals surface area contributed by atoms with Crippen molar-refractivity contribution < 1.29 is 14.4 Å². The Bertz CT molecular complexity index is 603. The van der Waals surface area contributed by atoms with E-state index in [1.54, 1.807) is 12.1 Å². The molecule has 1 aliphatic rings. The zero-order valence-electron chi connectivity index (χ0n) is 8.90. The molecule has 0 saturated heterocycles. The van der Waals surface area contributed by atoms with E-state index < -0.39 is 22.7 Å². The number of Topliss-reactive ketones (excluding diaryl/α,β-unsaturated/α-hetero) is 2. The summed E-state index contributed by atoms with van der Waals surface area (Å²) in [6.45, 7) is 1.39. The normalized spacial score (nSPS) is 15.2. The quantitative estimate of drug-likeness (QED) is 0.506.